The molecule has 0 saturated heterocycles. The molecular formula is C19H20ClN5O. The van der Waals surface area contributed by atoms with Gasteiger partial charge in [-0.05, 0) is 59.2 Å². The predicted octanol–water partition coefficient (Wildman–Crippen LogP) is 3.76. The molecule has 0 unspecified atom stereocenters. The van der Waals surface area contributed by atoms with Crippen LogP contribution >= 0.6 is 11.6 Å². The standard InChI is InChI=1S/C19H20ClN5O/c1-3-19(4-2,15-8-10-16(20)11-9-15)22-18(26)14-6-5-7-17(12-14)25-13-21-23-24-25/h5-13H,3-4H2,1-2H3,(H,22,26). The molecule has 0 aliphatic heterocycles. The van der Waals surface area contributed by atoms with E-state index in [1.807, 2.05) is 36.4 Å². The lowest BCUT2D eigenvalue weighted by atomic mass is 9.84. The average Bonchev–Trinajstić information content (AvgIpc) is 3.22. The third kappa shape index (κ3) is 3.60. The Morgan fingerprint density at radius 2 is 1.88 bits per heavy atom. The monoisotopic (exact) mass is 369 g/mol. The van der Waals surface area contributed by atoms with Gasteiger partial charge in [0.15, 0.2) is 0 Å². The van der Waals surface area contributed by atoms with Crippen molar-refractivity contribution in [2.45, 2.75) is 32.2 Å². The van der Waals surface area contributed by atoms with Gasteiger partial charge >= 0.3 is 0 Å². The fourth-order valence-electron chi connectivity index (χ4n) is 3.03. The van der Waals surface area contributed by atoms with Gasteiger partial charge in [-0.3, -0.25) is 4.79 Å². The van der Waals surface area contributed by atoms with E-state index in [0.717, 1.165) is 24.1 Å². The molecule has 0 aliphatic carbocycles. The van der Waals surface area contributed by atoms with Gasteiger partial charge in [0.05, 0.1) is 11.2 Å². The van der Waals surface area contributed by atoms with Crippen molar-refractivity contribution < 1.29 is 4.79 Å². The van der Waals surface area contributed by atoms with E-state index in [1.54, 1.807) is 12.1 Å². The van der Waals surface area contributed by atoms with Gasteiger partial charge in [-0.1, -0.05) is 43.6 Å². The number of hydrogen-bond acceptors (Lipinski definition) is 4. The van der Waals surface area contributed by atoms with Crippen molar-refractivity contribution in [3.63, 3.8) is 0 Å². The van der Waals surface area contributed by atoms with Crippen LogP contribution in [0, 0.1) is 0 Å². The van der Waals surface area contributed by atoms with Crippen LogP contribution in [-0.4, -0.2) is 26.1 Å². The topological polar surface area (TPSA) is 72.7 Å². The number of nitrogens with one attached hydrogen (secondary N) is 1. The maximum atomic E-state index is 12.9. The molecule has 6 nitrogen and oxygen atoms in total. The van der Waals surface area contributed by atoms with Crippen molar-refractivity contribution >= 4 is 17.5 Å². The average molecular weight is 370 g/mol. The third-order valence-electron chi connectivity index (χ3n) is 4.68. The van der Waals surface area contributed by atoms with Gasteiger partial charge in [-0.25, -0.2) is 4.68 Å². The first kappa shape index (κ1) is 18.1. The van der Waals surface area contributed by atoms with E-state index in [-0.39, 0.29) is 5.91 Å². The molecule has 7 heteroatoms. The number of tetrazole rings is 1. The Balaban J connectivity index is 1.89. The molecule has 134 valence electrons. The van der Waals surface area contributed by atoms with Crippen molar-refractivity contribution in [3.05, 3.63) is 71.0 Å². The highest BCUT2D eigenvalue weighted by molar-refractivity contribution is 6.30. The zero-order chi connectivity index (χ0) is 18.6. The smallest absolute Gasteiger partial charge is 0.252 e. The number of amides is 1. The van der Waals surface area contributed by atoms with Crippen LogP contribution in [0.3, 0.4) is 0 Å². The maximum absolute atomic E-state index is 12.9. The lowest BCUT2D eigenvalue weighted by molar-refractivity contribution is 0.0889. The fraction of sp³-hybridized carbons (Fsp3) is 0.263. The van der Waals surface area contributed by atoms with E-state index in [2.05, 4.69) is 34.7 Å². The van der Waals surface area contributed by atoms with E-state index < -0.39 is 5.54 Å². The molecule has 0 fully saturated rings. The Morgan fingerprint density at radius 3 is 2.50 bits per heavy atom. The van der Waals surface area contributed by atoms with Crippen LogP contribution in [0.15, 0.2) is 54.9 Å². The third-order valence-corrected chi connectivity index (χ3v) is 4.93. The Hall–Kier alpha value is -2.73. The second-order valence-electron chi connectivity index (χ2n) is 6.05. The highest BCUT2D eigenvalue weighted by atomic mass is 35.5. The summed E-state index contributed by atoms with van der Waals surface area (Å²) in [4.78, 5) is 12.9. The predicted molar refractivity (Wildman–Crippen MR) is 100 cm³/mol. The van der Waals surface area contributed by atoms with Crippen LogP contribution in [0.4, 0.5) is 0 Å². The molecule has 1 heterocycles. The number of benzene rings is 2. The van der Waals surface area contributed by atoms with Gasteiger partial charge in [0, 0.05) is 10.6 Å². The van der Waals surface area contributed by atoms with Gasteiger partial charge in [-0.2, -0.15) is 0 Å². The molecule has 0 aliphatic rings. The number of nitrogens with zero attached hydrogens (tertiary/aromatic N) is 4. The normalized spacial score (nSPS) is 11.3. The molecule has 26 heavy (non-hydrogen) atoms. The molecular weight excluding hydrogens is 350 g/mol. The van der Waals surface area contributed by atoms with Gasteiger partial charge < -0.3 is 5.32 Å². The lowest BCUT2D eigenvalue weighted by Gasteiger charge is -2.33. The summed E-state index contributed by atoms with van der Waals surface area (Å²) in [7, 11) is 0. The molecule has 0 spiro atoms. The summed E-state index contributed by atoms with van der Waals surface area (Å²) in [5.41, 5.74) is 1.87. The van der Waals surface area contributed by atoms with Crippen LogP contribution in [0.1, 0.15) is 42.6 Å². The van der Waals surface area contributed by atoms with E-state index in [1.165, 1.54) is 11.0 Å². The van der Waals surface area contributed by atoms with Crippen LogP contribution in [0.25, 0.3) is 5.69 Å². The van der Waals surface area contributed by atoms with E-state index in [4.69, 9.17) is 11.6 Å². The minimum absolute atomic E-state index is 0.140. The Labute approximate surface area is 157 Å². The van der Waals surface area contributed by atoms with Crippen LogP contribution in [0.5, 0.6) is 0 Å². The lowest BCUT2D eigenvalue weighted by Crippen LogP contribution is -2.45. The molecule has 1 N–H and O–H groups in total. The van der Waals surface area contributed by atoms with Crippen molar-refractivity contribution in [1.82, 2.24) is 25.5 Å². The van der Waals surface area contributed by atoms with Gasteiger partial charge in [0.2, 0.25) is 0 Å². The van der Waals surface area contributed by atoms with Crippen molar-refractivity contribution in [1.29, 1.82) is 0 Å². The molecule has 1 aromatic heterocycles. The van der Waals surface area contributed by atoms with E-state index >= 15 is 0 Å². The first-order valence-electron chi connectivity index (χ1n) is 8.50. The van der Waals surface area contributed by atoms with Crippen molar-refractivity contribution in [3.8, 4) is 5.69 Å². The number of aromatic nitrogens is 4. The van der Waals surface area contributed by atoms with Crippen molar-refractivity contribution in [2.75, 3.05) is 0 Å². The summed E-state index contributed by atoms with van der Waals surface area (Å²) in [6.07, 6.45) is 3.03. The zero-order valence-electron chi connectivity index (χ0n) is 14.7. The summed E-state index contributed by atoms with van der Waals surface area (Å²) in [6, 6.07) is 14.8. The number of halogens is 1. The number of carbonyl (C=O) groups excluding carboxylic acids is 1. The zero-order valence-corrected chi connectivity index (χ0v) is 15.4. The second kappa shape index (κ2) is 7.66. The largest absolute Gasteiger partial charge is 0.343 e. The number of hydrogen-bond donors (Lipinski definition) is 1. The first-order valence-corrected chi connectivity index (χ1v) is 8.88. The fourth-order valence-corrected chi connectivity index (χ4v) is 3.16. The van der Waals surface area contributed by atoms with Crippen LogP contribution in [0.2, 0.25) is 5.02 Å². The van der Waals surface area contributed by atoms with E-state index in [0.29, 0.717) is 10.6 Å². The molecule has 3 rings (SSSR count). The highest BCUT2D eigenvalue weighted by Gasteiger charge is 2.30. The Kier molecular flexibility index (Phi) is 5.32. The minimum atomic E-state index is -0.452. The van der Waals surface area contributed by atoms with Crippen LogP contribution in [-0.2, 0) is 5.54 Å². The molecule has 0 radical (unpaired) electrons. The van der Waals surface area contributed by atoms with Gasteiger partial charge in [-0.15, -0.1) is 5.10 Å². The quantitative estimate of drug-likeness (QED) is 0.718. The molecule has 0 bridgehead atoms. The van der Waals surface area contributed by atoms with Gasteiger partial charge in [0.25, 0.3) is 5.91 Å². The summed E-state index contributed by atoms with van der Waals surface area (Å²) >= 11 is 6.01. The summed E-state index contributed by atoms with van der Waals surface area (Å²) in [6.45, 7) is 4.13. The summed E-state index contributed by atoms with van der Waals surface area (Å²) in [5, 5.41) is 15.0. The SMILES string of the molecule is CCC(CC)(NC(=O)c1cccc(-n2cnnn2)c1)c1ccc(Cl)cc1. The Morgan fingerprint density at radius 1 is 1.15 bits per heavy atom. The number of rotatable bonds is 6. The summed E-state index contributed by atoms with van der Waals surface area (Å²) < 4.78 is 1.52. The van der Waals surface area contributed by atoms with E-state index in [9.17, 15) is 4.79 Å². The molecule has 0 atom stereocenters. The molecule has 0 saturated carbocycles. The second-order valence-corrected chi connectivity index (χ2v) is 6.49. The van der Waals surface area contributed by atoms with Gasteiger partial charge in [0.1, 0.15) is 6.33 Å². The Bertz CT molecular complexity index is 873. The van der Waals surface area contributed by atoms with Crippen LogP contribution < -0.4 is 5.32 Å². The maximum Gasteiger partial charge on any atom is 0.252 e. The summed E-state index contributed by atoms with van der Waals surface area (Å²) in [5.74, 6) is -0.140. The highest BCUT2D eigenvalue weighted by Crippen LogP contribution is 2.30. The minimum Gasteiger partial charge on any atom is -0.343 e. The van der Waals surface area contributed by atoms with Crippen molar-refractivity contribution in [2.24, 2.45) is 0 Å². The molecule has 2 aromatic carbocycles. The molecule has 3 aromatic rings. The number of carbonyl (C=O) groups is 1. The molecule has 1 amide bonds. The first-order chi connectivity index (χ1) is 12.6.